The van der Waals surface area contributed by atoms with Gasteiger partial charge >= 0.3 is 6.18 Å². The molecule has 19 heavy (non-hydrogen) atoms. The van der Waals surface area contributed by atoms with Gasteiger partial charge in [0.1, 0.15) is 18.9 Å². The van der Waals surface area contributed by atoms with Crippen molar-refractivity contribution in [1.29, 1.82) is 0 Å². The van der Waals surface area contributed by atoms with E-state index in [1.807, 2.05) is 0 Å². The molecule has 0 atom stereocenters. The van der Waals surface area contributed by atoms with Crippen LogP contribution in [-0.4, -0.2) is 48.7 Å². The Hall–Kier alpha value is -1.12. The Morgan fingerprint density at radius 1 is 1.53 bits per heavy atom. The lowest BCUT2D eigenvalue weighted by atomic mass is 10.3. The molecule has 0 N–H and O–H groups in total. The Morgan fingerprint density at radius 2 is 2.21 bits per heavy atom. The fourth-order valence-corrected chi connectivity index (χ4v) is 1.56. The molecule has 0 aliphatic heterocycles. The van der Waals surface area contributed by atoms with Crippen LogP contribution in [0.5, 0.6) is 0 Å². The summed E-state index contributed by atoms with van der Waals surface area (Å²) in [5, 5.41) is 3.90. The topological polar surface area (TPSA) is 53.4 Å². The number of hydrogen-bond donors (Lipinski definition) is 0. The van der Waals surface area contributed by atoms with Crippen molar-refractivity contribution in [3.05, 3.63) is 16.9 Å². The van der Waals surface area contributed by atoms with Crippen LogP contribution >= 0.6 is 11.6 Å². The van der Waals surface area contributed by atoms with Crippen molar-refractivity contribution in [3.8, 4) is 0 Å². The largest absolute Gasteiger partial charge is 0.411 e. The lowest BCUT2D eigenvalue weighted by Crippen LogP contribution is -2.22. The molecule has 9 heteroatoms. The second-order valence-electron chi connectivity index (χ2n) is 3.59. The number of carbonyl (C=O) groups is 1. The predicted octanol–water partition coefficient (Wildman–Crippen LogP) is 1.94. The van der Waals surface area contributed by atoms with E-state index in [-0.39, 0.29) is 17.3 Å². The lowest BCUT2D eigenvalue weighted by Gasteiger charge is -2.09. The van der Waals surface area contributed by atoms with E-state index in [1.54, 1.807) is 0 Å². The van der Waals surface area contributed by atoms with E-state index in [1.165, 1.54) is 18.0 Å². The highest BCUT2D eigenvalue weighted by Crippen LogP contribution is 2.17. The summed E-state index contributed by atoms with van der Waals surface area (Å²) in [4.78, 5) is 11.7. The lowest BCUT2D eigenvalue weighted by molar-refractivity contribution is -0.170. The van der Waals surface area contributed by atoms with Gasteiger partial charge in [-0.15, -0.1) is 0 Å². The molecule has 0 spiro atoms. The van der Waals surface area contributed by atoms with Crippen LogP contribution in [0.3, 0.4) is 0 Å². The first-order valence-electron chi connectivity index (χ1n) is 5.23. The van der Waals surface area contributed by atoms with Crippen molar-refractivity contribution < 1.29 is 27.4 Å². The molecule has 108 valence electrons. The molecule has 1 aromatic rings. The van der Waals surface area contributed by atoms with Crippen LogP contribution in [0.2, 0.25) is 5.02 Å². The van der Waals surface area contributed by atoms with E-state index in [2.05, 4.69) is 9.84 Å². The standard InChI is InChI=1S/C10H12ClF3N2O3/c1-18-3-2-16-9(7(11)4-15-16)8(17)5-19-6-10(12,13)14/h4H,2-3,5-6H2,1H3. The van der Waals surface area contributed by atoms with Gasteiger partial charge in [0.15, 0.2) is 0 Å². The van der Waals surface area contributed by atoms with Gasteiger partial charge in [0.25, 0.3) is 0 Å². The van der Waals surface area contributed by atoms with Crippen molar-refractivity contribution in [2.75, 3.05) is 26.9 Å². The summed E-state index contributed by atoms with van der Waals surface area (Å²) in [7, 11) is 1.47. The van der Waals surface area contributed by atoms with Gasteiger partial charge in [-0.2, -0.15) is 18.3 Å². The maximum atomic E-state index is 11.9. The zero-order chi connectivity index (χ0) is 14.5. The van der Waals surface area contributed by atoms with E-state index in [4.69, 9.17) is 16.3 Å². The average molecular weight is 301 g/mol. The van der Waals surface area contributed by atoms with Crippen molar-refractivity contribution in [3.63, 3.8) is 0 Å². The summed E-state index contributed by atoms with van der Waals surface area (Å²) < 4.78 is 46.0. The molecule has 0 fully saturated rings. The van der Waals surface area contributed by atoms with Gasteiger partial charge in [0.2, 0.25) is 5.78 Å². The number of aromatic nitrogens is 2. The summed E-state index contributed by atoms with van der Waals surface area (Å²) in [5.41, 5.74) is 0.0147. The zero-order valence-electron chi connectivity index (χ0n) is 10.0. The van der Waals surface area contributed by atoms with Gasteiger partial charge in [-0.05, 0) is 0 Å². The number of Topliss-reactive ketones (excluding diaryl/α,β-unsaturated/α-hetero) is 1. The van der Waals surface area contributed by atoms with E-state index in [9.17, 15) is 18.0 Å². The van der Waals surface area contributed by atoms with Crippen molar-refractivity contribution in [2.24, 2.45) is 0 Å². The maximum absolute atomic E-state index is 11.9. The number of halogens is 4. The highest BCUT2D eigenvalue weighted by Gasteiger charge is 2.28. The Bertz CT molecular complexity index is 434. The number of hydrogen-bond acceptors (Lipinski definition) is 4. The van der Waals surface area contributed by atoms with E-state index < -0.39 is 25.2 Å². The van der Waals surface area contributed by atoms with Crippen LogP contribution in [0.4, 0.5) is 13.2 Å². The number of nitrogens with zero attached hydrogens (tertiary/aromatic N) is 2. The van der Waals surface area contributed by atoms with E-state index in [0.717, 1.165) is 0 Å². The highest BCUT2D eigenvalue weighted by molar-refractivity contribution is 6.33. The molecule has 1 rings (SSSR count). The Labute approximate surface area is 112 Å². The monoisotopic (exact) mass is 300 g/mol. The highest BCUT2D eigenvalue weighted by atomic mass is 35.5. The van der Waals surface area contributed by atoms with Crippen LogP contribution in [-0.2, 0) is 16.0 Å². The van der Waals surface area contributed by atoms with E-state index >= 15 is 0 Å². The van der Waals surface area contributed by atoms with Gasteiger partial charge in [0, 0.05) is 7.11 Å². The van der Waals surface area contributed by atoms with Gasteiger partial charge in [0.05, 0.1) is 24.4 Å². The number of carbonyl (C=O) groups excluding carboxylic acids is 1. The summed E-state index contributed by atoms with van der Waals surface area (Å²) >= 11 is 5.76. The molecule has 0 radical (unpaired) electrons. The molecule has 0 aliphatic carbocycles. The van der Waals surface area contributed by atoms with Crippen LogP contribution < -0.4 is 0 Å². The molecule has 0 bridgehead atoms. The number of rotatable bonds is 7. The summed E-state index contributed by atoms with van der Waals surface area (Å²) in [6.45, 7) is -1.63. The van der Waals surface area contributed by atoms with Crippen LogP contribution in [0.1, 0.15) is 10.5 Å². The molecule has 0 amide bonds. The van der Waals surface area contributed by atoms with Crippen LogP contribution in [0.15, 0.2) is 6.20 Å². The third-order valence-corrected chi connectivity index (χ3v) is 2.34. The smallest absolute Gasteiger partial charge is 0.383 e. The molecule has 0 unspecified atom stereocenters. The molecule has 0 saturated heterocycles. The van der Waals surface area contributed by atoms with Crippen LogP contribution in [0.25, 0.3) is 0 Å². The first-order chi connectivity index (χ1) is 8.85. The number of ketones is 1. The molecule has 0 aromatic carbocycles. The minimum Gasteiger partial charge on any atom is -0.383 e. The van der Waals surface area contributed by atoms with Crippen molar-refractivity contribution >= 4 is 17.4 Å². The Kier molecular flexibility index (Phi) is 5.77. The van der Waals surface area contributed by atoms with Crippen molar-refractivity contribution in [2.45, 2.75) is 12.7 Å². The number of ether oxygens (including phenoxy) is 2. The fourth-order valence-electron chi connectivity index (χ4n) is 1.31. The third-order valence-electron chi connectivity index (χ3n) is 2.07. The number of methoxy groups -OCH3 is 1. The first-order valence-corrected chi connectivity index (χ1v) is 5.61. The van der Waals surface area contributed by atoms with Crippen molar-refractivity contribution in [1.82, 2.24) is 9.78 Å². The van der Waals surface area contributed by atoms with Crippen LogP contribution in [0, 0.1) is 0 Å². The molecule has 1 heterocycles. The first kappa shape index (κ1) is 15.9. The summed E-state index contributed by atoms with van der Waals surface area (Å²) in [6.07, 6.45) is -3.23. The molecule has 0 saturated carbocycles. The summed E-state index contributed by atoms with van der Waals surface area (Å²) in [5.74, 6) is -0.664. The number of alkyl halides is 3. The Morgan fingerprint density at radius 3 is 2.79 bits per heavy atom. The minimum absolute atomic E-state index is 0.0147. The Balaban J connectivity index is 2.63. The minimum atomic E-state index is -4.47. The van der Waals surface area contributed by atoms with E-state index in [0.29, 0.717) is 6.61 Å². The molecule has 5 nitrogen and oxygen atoms in total. The molecular weight excluding hydrogens is 289 g/mol. The zero-order valence-corrected chi connectivity index (χ0v) is 10.8. The molecular formula is C10H12ClF3N2O3. The van der Waals surface area contributed by atoms with Gasteiger partial charge < -0.3 is 9.47 Å². The fraction of sp³-hybridized carbons (Fsp3) is 0.600. The maximum Gasteiger partial charge on any atom is 0.411 e. The van der Waals surface area contributed by atoms with Gasteiger partial charge in [-0.3, -0.25) is 9.48 Å². The average Bonchev–Trinajstić information content (AvgIpc) is 2.66. The second-order valence-corrected chi connectivity index (χ2v) is 4.00. The SMILES string of the molecule is COCCn1ncc(Cl)c1C(=O)COCC(F)(F)F. The molecule has 0 aliphatic rings. The second kappa shape index (κ2) is 6.88. The summed E-state index contributed by atoms with van der Waals surface area (Å²) in [6, 6.07) is 0. The third kappa shape index (κ3) is 5.17. The quantitative estimate of drug-likeness (QED) is 0.722. The van der Waals surface area contributed by atoms with Gasteiger partial charge in [-0.1, -0.05) is 11.6 Å². The molecule has 1 aromatic heterocycles. The normalized spacial score (nSPS) is 11.8. The van der Waals surface area contributed by atoms with Gasteiger partial charge in [-0.25, -0.2) is 0 Å². The predicted molar refractivity (Wildman–Crippen MR) is 60.3 cm³/mol.